The van der Waals surface area contributed by atoms with Gasteiger partial charge in [0, 0.05) is 5.41 Å². The first-order chi connectivity index (χ1) is 40.2. The lowest BCUT2D eigenvalue weighted by Crippen LogP contribution is -2.70. The summed E-state index contributed by atoms with van der Waals surface area (Å²) in [5.41, 5.74) is -4.01. The molecular weight excluding hydrogens is 1140 g/mol. The molecule has 494 valence electrons. The van der Waals surface area contributed by atoms with Crippen LogP contribution in [0.3, 0.4) is 0 Å². The van der Waals surface area contributed by atoms with Gasteiger partial charge in [0.15, 0.2) is 31.3 Å². The Morgan fingerprint density at radius 2 is 1.10 bits per heavy atom. The normalized spacial score (nSPS) is 56.5. The molecule has 0 amide bonds. The van der Waals surface area contributed by atoms with Crippen molar-refractivity contribution in [2.24, 2.45) is 50.2 Å². The minimum atomic E-state index is -1.99. The average Bonchev–Trinajstić information content (AvgIpc) is 0.673. The van der Waals surface area contributed by atoms with E-state index >= 15 is 4.79 Å². The van der Waals surface area contributed by atoms with Crippen LogP contribution in [0.25, 0.3) is 0 Å². The molecule has 0 bridgehead atoms. The zero-order chi connectivity index (χ0) is 63.0. The van der Waals surface area contributed by atoms with Gasteiger partial charge in [-0.1, -0.05) is 53.2 Å². The fourth-order valence-corrected chi connectivity index (χ4v) is 17.8. The molecule has 1 unspecified atom stereocenters. The van der Waals surface area contributed by atoms with Gasteiger partial charge < -0.3 is 129 Å². The van der Waals surface area contributed by atoms with Crippen LogP contribution in [0, 0.1) is 50.2 Å². The highest BCUT2D eigenvalue weighted by Crippen LogP contribution is 2.76. The molecule has 5 saturated heterocycles. The Balaban J connectivity index is 0.865. The second-order valence-electron chi connectivity index (χ2n) is 28.7. The number of allylic oxidation sites excluding steroid dienone is 2. The first-order valence-electron chi connectivity index (χ1n) is 30.7. The molecular formula is C59H96O27. The molecule has 4 saturated carbocycles. The van der Waals surface area contributed by atoms with E-state index in [1.54, 1.807) is 0 Å². The molecule has 27 nitrogen and oxygen atoms in total. The van der Waals surface area contributed by atoms with Crippen molar-refractivity contribution in [1.29, 1.82) is 0 Å². The standard InChI is InChI=1S/C59H96O27/c1-22-33(65)36(68)40(72)49(78-22)83-45-28(63)20-77-48(43(45)75)82-44-24(3)80-50(42(74)39(44)71)84-46-38(70)34(66)23(2)79-52(46)86-53(76)59-15-14-54(4,5)16-26(59)25-10-11-31-55(6)17-27(62)47(85-51-41(73)37(69)35(67)29(19-60)81-51)56(7,21-61)30(55)12-13-57(31,8)58(25,9)18-32(59)64/h10,22-24,26-52,60-75H,11-21H2,1-9H3/t22-,23+,24-,26-,27-,28+,29+,30+,31+,32+,33-,34-,35+,36+,37-,38-,39-,40+,41+,42+,43+,44-,45-,46+,47-,48-,49-,50-,51-,52-,55-,56-,57+,58+,59?/m0/s1. The Morgan fingerprint density at radius 3 is 1.74 bits per heavy atom. The summed E-state index contributed by atoms with van der Waals surface area (Å²) in [7, 11) is 0. The van der Waals surface area contributed by atoms with Crippen LogP contribution < -0.4 is 0 Å². The van der Waals surface area contributed by atoms with Crippen LogP contribution in [0.15, 0.2) is 11.6 Å². The highest BCUT2D eigenvalue weighted by Gasteiger charge is 2.73. The summed E-state index contributed by atoms with van der Waals surface area (Å²) >= 11 is 0. The molecule has 16 N–H and O–H groups in total. The largest absolute Gasteiger partial charge is 0.432 e. The Kier molecular flexibility index (Phi) is 18.9. The highest BCUT2D eigenvalue weighted by molar-refractivity contribution is 5.80. The first-order valence-corrected chi connectivity index (χ1v) is 30.7. The third-order valence-corrected chi connectivity index (χ3v) is 23.1. The maximum absolute atomic E-state index is 15.6. The van der Waals surface area contributed by atoms with Crippen molar-refractivity contribution in [3.8, 4) is 0 Å². The Hall–Kier alpha value is -1.79. The number of ether oxygens (including phenoxy) is 10. The van der Waals surface area contributed by atoms with Gasteiger partial charge in [-0.05, 0) is 112 Å². The number of carbonyl (C=O) groups is 1. The highest BCUT2D eigenvalue weighted by atomic mass is 16.8. The Labute approximate surface area is 499 Å². The van der Waals surface area contributed by atoms with Crippen molar-refractivity contribution in [3.05, 3.63) is 11.6 Å². The molecule has 35 atom stereocenters. The van der Waals surface area contributed by atoms with E-state index in [0.29, 0.717) is 32.1 Å². The van der Waals surface area contributed by atoms with Gasteiger partial charge in [-0.25, -0.2) is 0 Å². The van der Waals surface area contributed by atoms with E-state index in [2.05, 4.69) is 40.7 Å². The molecule has 10 rings (SSSR count). The smallest absolute Gasteiger partial charge is 0.317 e. The van der Waals surface area contributed by atoms with Gasteiger partial charge in [0.1, 0.15) is 97.0 Å². The number of carbonyl (C=O) groups excluding carboxylic acids is 1. The lowest BCUT2D eigenvalue weighted by Gasteiger charge is -2.72. The van der Waals surface area contributed by atoms with E-state index in [9.17, 15) is 81.7 Å². The summed E-state index contributed by atoms with van der Waals surface area (Å²) in [6, 6.07) is 0. The predicted molar refractivity (Wildman–Crippen MR) is 289 cm³/mol. The number of fused-ring (bicyclic) bond motifs is 7. The zero-order valence-corrected chi connectivity index (χ0v) is 50.3. The summed E-state index contributed by atoms with van der Waals surface area (Å²) in [6.07, 6.45) is -36.8. The van der Waals surface area contributed by atoms with E-state index < -0.39 is 225 Å². The summed E-state index contributed by atoms with van der Waals surface area (Å²) < 4.78 is 59.4. The molecule has 86 heavy (non-hydrogen) atoms. The predicted octanol–water partition coefficient (Wildman–Crippen LogP) is -3.58. The summed E-state index contributed by atoms with van der Waals surface area (Å²) in [5, 5.41) is 178. The van der Waals surface area contributed by atoms with Crippen molar-refractivity contribution in [2.75, 3.05) is 19.8 Å². The second-order valence-corrected chi connectivity index (χ2v) is 28.7. The topological polar surface area (TPSA) is 433 Å². The van der Waals surface area contributed by atoms with Gasteiger partial charge >= 0.3 is 5.97 Å². The van der Waals surface area contributed by atoms with E-state index in [1.165, 1.54) is 20.8 Å². The summed E-state index contributed by atoms with van der Waals surface area (Å²) in [5.74, 6) is -1.85. The van der Waals surface area contributed by atoms with Gasteiger partial charge in [-0.3, -0.25) is 4.79 Å². The van der Waals surface area contributed by atoms with Crippen molar-refractivity contribution >= 4 is 5.97 Å². The number of esters is 1. The number of rotatable bonds is 12. The molecule has 27 heteroatoms. The SMILES string of the molecule is C[C@@H]1O[C@@H](O[C@@H]2[C@@H](O)[C@H](O[C@@H]3[C@@H](O)[C@@H](O)[C@H](O[C@H]4[C@H](OC(=O)C56CCC(C)(C)C[C@H]5C5=CC[C@@H]7[C@@]8(C)C[C@H](O)[C@H](O[C@@H]9O[C@H](CO)[C@@H](O)[C@H](O)[C@H]9O)[C@@](C)(CO)[C@@H]8CC[C@@]7(C)[C@]5(C)C[C@H]6O)O[C@H](C)[C@H](O)[C@@H]4O)O[C@H]3C)OC[C@H]2O)[C@H](O)[C@H](O)[C@H]1O. The molecule has 0 aromatic carbocycles. The maximum Gasteiger partial charge on any atom is 0.317 e. The molecule has 9 fully saturated rings. The average molecular weight is 1240 g/mol. The van der Waals surface area contributed by atoms with Gasteiger partial charge in [-0.2, -0.15) is 0 Å². The van der Waals surface area contributed by atoms with Crippen molar-refractivity contribution in [3.63, 3.8) is 0 Å². The lowest BCUT2D eigenvalue weighted by molar-refractivity contribution is -0.380. The van der Waals surface area contributed by atoms with Crippen molar-refractivity contribution < 1.29 is 134 Å². The van der Waals surface area contributed by atoms with Crippen LogP contribution in [0.2, 0.25) is 0 Å². The van der Waals surface area contributed by atoms with Crippen LogP contribution in [-0.2, 0) is 52.2 Å². The third-order valence-electron chi connectivity index (χ3n) is 23.1. The Morgan fingerprint density at radius 1 is 0.547 bits per heavy atom. The second kappa shape index (κ2) is 24.3. The van der Waals surface area contributed by atoms with Gasteiger partial charge in [0.25, 0.3) is 0 Å². The third kappa shape index (κ3) is 10.8. The fourth-order valence-electron chi connectivity index (χ4n) is 17.8. The van der Waals surface area contributed by atoms with E-state index in [4.69, 9.17) is 47.4 Å². The van der Waals surface area contributed by atoms with Crippen LogP contribution in [0.1, 0.15) is 114 Å². The minimum Gasteiger partial charge on any atom is -0.432 e. The molecule has 10 aliphatic rings. The zero-order valence-electron chi connectivity index (χ0n) is 50.3. The molecule has 5 aliphatic heterocycles. The molecule has 0 aromatic heterocycles. The van der Waals surface area contributed by atoms with Crippen LogP contribution in [-0.4, -0.2) is 273 Å². The fraction of sp³-hybridized carbons (Fsp3) is 0.949. The van der Waals surface area contributed by atoms with Crippen LogP contribution >= 0.6 is 0 Å². The van der Waals surface area contributed by atoms with Crippen LogP contribution in [0.5, 0.6) is 0 Å². The monoisotopic (exact) mass is 1240 g/mol. The molecule has 5 aliphatic carbocycles. The molecule has 0 spiro atoms. The van der Waals surface area contributed by atoms with Crippen LogP contribution in [0.4, 0.5) is 0 Å². The summed E-state index contributed by atoms with van der Waals surface area (Å²) in [4.78, 5) is 15.6. The quantitative estimate of drug-likeness (QED) is 0.0510. The van der Waals surface area contributed by atoms with Crippen molar-refractivity contribution in [2.45, 2.75) is 279 Å². The maximum atomic E-state index is 15.6. The van der Waals surface area contributed by atoms with E-state index in [-0.39, 0.29) is 36.5 Å². The number of hydrogen-bond acceptors (Lipinski definition) is 27. The summed E-state index contributed by atoms with van der Waals surface area (Å²) in [6.45, 7) is 15.2. The number of aliphatic hydroxyl groups is 16. The molecule has 0 radical (unpaired) electrons. The minimum absolute atomic E-state index is 0.120. The lowest BCUT2D eigenvalue weighted by atomic mass is 9.33. The Bertz CT molecular complexity index is 2420. The molecule has 5 heterocycles. The van der Waals surface area contributed by atoms with Gasteiger partial charge in [0.2, 0.25) is 6.29 Å². The first kappa shape index (κ1) is 67.1. The van der Waals surface area contributed by atoms with E-state index in [0.717, 1.165) is 5.57 Å². The van der Waals surface area contributed by atoms with Crippen molar-refractivity contribution in [1.82, 2.24) is 0 Å². The van der Waals surface area contributed by atoms with Gasteiger partial charge in [-0.15, -0.1) is 0 Å². The van der Waals surface area contributed by atoms with E-state index in [1.807, 2.05) is 6.92 Å². The number of aliphatic hydroxyl groups excluding tert-OH is 16. The number of hydrogen-bond donors (Lipinski definition) is 16. The van der Waals surface area contributed by atoms with Gasteiger partial charge in [0.05, 0.1) is 56.4 Å². The molecule has 0 aromatic rings.